The van der Waals surface area contributed by atoms with Gasteiger partial charge in [0.1, 0.15) is 0 Å². The third kappa shape index (κ3) is 1.50. The predicted octanol–water partition coefficient (Wildman–Crippen LogP) is -0.587. The van der Waals surface area contributed by atoms with Crippen LogP contribution in [0.15, 0.2) is 0 Å². The minimum atomic E-state index is -1.21. The molecule has 0 bridgehead atoms. The zero-order valence-corrected chi connectivity index (χ0v) is 9.70. The molecule has 7 nitrogen and oxygen atoms in total. The van der Waals surface area contributed by atoms with Gasteiger partial charge < -0.3 is 10.2 Å². The molecule has 2 aliphatic rings. The number of amides is 2. The van der Waals surface area contributed by atoms with Gasteiger partial charge in [-0.15, -0.1) is 0 Å². The summed E-state index contributed by atoms with van der Waals surface area (Å²) >= 11 is 0. The molecule has 1 aliphatic heterocycles. The highest BCUT2D eigenvalue weighted by Crippen LogP contribution is 2.47. The Labute approximate surface area is 102 Å². The number of fused-ring (bicyclic) bond motifs is 1. The van der Waals surface area contributed by atoms with Crippen molar-refractivity contribution >= 4 is 23.8 Å². The molecule has 2 fully saturated rings. The summed E-state index contributed by atoms with van der Waals surface area (Å²) in [6.07, 6.45) is -0.158. The number of hydrogen-bond donors (Lipinski definition) is 2. The monoisotopic (exact) mass is 255 g/mol. The number of carboxylic acids is 2. The number of aliphatic carboxylic acids is 2. The Morgan fingerprint density at radius 1 is 1.11 bits per heavy atom. The molecule has 2 amide bonds. The first-order valence-electron chi connectivity index (χ1n) is 5.71. The first-order valence-corrected chi connectivity index (χ1v) is 5.71. The van der Waals surface area contributed by atoms with Crippen LogP contribution in [0.1, 0.15) is 13.3 Å². The molecule has 1 saturated carbocycles. The summed E-state index contributed by atoms with van der Waals surface area (Å²) in [7, 11) is 0. The molecule has 18 heavy (non-hydrogen) atoms. The molecule has 98 valence electrons. The Balaban J connectivity index is 2.42. The fourth-order valence-corrected chi connectivity index (χ4v) is 3.01. The van der Waals surface area contributed by atoms with Crippen molar-refractivity contribution in [3.8, 4) is 0 Å². The van der Waals surface area contributed by atoms with Crippen molar-refractivity contribution in [2.75, 3.05) is 6.54 Å². The summed E-state index contributed by atoms with van der Waals surface area (Å²) < 4.78 is 0. The van der Waals surface area contributed by atoms with Crippen molar-refractivity contribution in [2.45, 2.75) is 13.3 Å². The molecular formula is C11H13NO6. The number of carbonyl (C=O) groups is 4. The van der Waals surface area contributed by atoms with Crippen molar-refractivity contribution in [1.82, 2.24) is 4.90 Å². The van der Waals surface area contributed by atoms with Crippen LogP contribution in [-0.4, -0.2) is 45.4 Å². The van der Waals surface area contributed by atoms with E-state index in [1.165, 1.54) is 0 Å². The normalized spacial score (nSPS) is 34.8. The highest BCUT2D eigenvalue weighted by molar-refractivity contribution is 6.08. The smallest absolute Gasteiger partial charge is 0.307 e. The van der Waals surface area contributed by atoms with E-state index in [1.54, 1.807) is 6.92 Å². The van der Waals surface area contributed by atoms with Crippen molar-refractivity contribution in [3.63, 3.8) is 0 Å². The molecule has 2 N–H and O–H groups in total. The standard InChI is InChI=1S/C11H13NO6/c1-2-12-8(13)6-4(10(15)16)3-5(11(17)18)7(6)9(12)14/h4-7H,2-3H2,1H3,(H,15,16)(H,17,18). The molecule has 1 heterocycles. The fraction of sp³-hybridized carbons (Fsp3) is 0.636. The maximum atomic E-state index is 12.0. The van der Waals surface area contributed by atoms with Crippen LogP contribution in [0.3, 0.4) is 0 Å². The number of rotatable bonds is 3. The van der Waals surface area contributed by atoms with Gasteiger partial charge in [-0.25, -0.2) is 0 Å². The summed E-state index contributed by atoms with van der Waals surface area (Å²) in [4.78, 5) is 47.0. The lowest BCUT2D eigenvalue weighted by Gasteiger charge is -2.16. The third-order valence-electron chi connectivity index (χ3n) is 3.81. The number of hydrogen-bond acceptors (Lipinski definition) is 4. The molecule has 1 saturated heterocycles. The zero-order chi connectivity index (χ0) is 13.6. The van der Waals surface area contributed by atoms with Gasteiger partial charge in [-0.2, -0.15) is 0 Å². The lowest BCUT2D eigenvalue weighted by atomic mass is 9.89. The van der Waals surface area contributed by atoms with E-state index in [9.17, 15) is 19.2 Å². The topological polar surface area (TPSA) is 112 Å². The van der Waals surface area contributed by atoms with Gasteiger partial charge in [0, 0.05) is 6.54 Å². The fourth-order valence-electron chi connectivity index (χ4n) is 3.01. The average Bonchev–Trinajstić information content (AvgIpc) is 2.78. The summed E-state index contributed by atoms with van der Waals surface area (Å²) in [5, 5.41) is 18.1. The molecule has 0 aromatic carbocycles. The van der Waals surface area contributed by atoms with Crippen LogP contribution < -0.4 is 0 Å². The Morgan fingerprint density at radius 2 is 1.50 bits per heavy atom. The van der Waals surface area contributed by atoms with Gasteiger partial charge in [0.25, 0.3) is 0 Å². The van der Waals surface area contributed by atoms with E-state index in [0.717, 1.165) is 4.90 Å². The van der Waals surface area contributed by atoms with Crippen LogP contribution in [0.4, 0.5) is 0 Å². The first-order chi connectivity index (χ1) is 8.40. The molecule has 0 aromatic heterocycles. The van der Waals surface area contributed by atoms with Crippen molar-refractivity contribution in [1.29, 1.82) is 0 Å². The van der Waals surface area contributed by atoms with Crippen LogP contribution in [0, 0.1) is 23.7 Å². The van der Waals surface area contributed by atoms with E-state index in [-0.39, 0.29) is 13.0 Å². The van der Waals surface area contributed by atoms with Gasteiger partial charge in [0.15, 0.2) is 0 Å². The van der Waals surface area contributed by atoms with Crippen LogP contribution in [0.25, 0.3) is 0 Å². The highest BCUT2D eigenvalue weighted by atomic mass is 16.4. The maximum Gasteiger partial charge on any atom is 0.307 e. The molecule has 0 spiro atoms. The number of imide groups is 1. The zero-order valence-electron chi connectivity index (χ0n) is 9.70. The summed E-state index contributed by atoms with van der Waals surface area (Å²) in [6, 6.07) is 0. The second kappa shape index (κ2) is 4.08. The van der Waals surface area contributed by atoms with Crippen LogP contribution in [-0.2, 0) is 19.2 Å². The molecule has 0 radical (unpaired) electrons. The van der Waals surface area contributed by atoms with Gasteiger partial charge in [-0.3, -0.25) is 24.1 Å². The Morgan fingerprint density at radius 3 is 1.78 bits per heavy atom. The first kappa shape index (κ1) is 12.5. The maximum absolute atomic E-state index is 12.0. The number of nitrogens with zero attached hydrogens (tertiary/aromatic N) is 1. The quantitative estimate of drug-likeness (QED) is 0.652. The summed E-state index contributed by atoms with van der Waals surface area (Å²) in [6.45, 7) is 1.74. The van der Waals surface area contributed by atoms with Crippen molar-refractivity contribution in [2.24, 2.45) is 23.7 Å². The van der Waals surface area contributed by atoms with Crippen LogP contribution in [0.5, 0.6) is 0 Å². The summed E-state index contributed by atoms with van der Waals surface area (Å²) in [5.74, 6) is -7.73. The van der Waals surface area contributed by atoms with Gasteiger partial charge in [-0.1, -0.05) is 0 Å². The Hall–Kier alpha value is -1.92. The molecular weight excluding hydrogens is 242 g/mol. The van der Waals surface area contributed by atoms with Gasteiger partial charge in [0.2, 0.25) is 11.8 Å². The Kier molecular flexibility index (Phi) is 2.84. The van der Waals surface area contributed by atoms with E-state index < -0.39 is 47.4 Å². The second-order valence-electron chi connectivity index (χ2n) is 4.60. The van der Waals surface area contributed by atoms with E-state index in [4.69, 9.17) is 10.2 Å². The van der Waals surface area contributed by atoms with E-state index in [0.29, 0.717) is 0 Å². The SMILES string of the molecule is CCN1C(=O)C2C(C(=O)O)CC(C(=O)O)C2C1=O. The third-order valence-corrected chi connectivity index (χ3v) is 3.81. The minimum Gasteiger partial charge on any atom is -0.481 e. The highest BCUT2D eigenvalue weighted by Gasteiger charge is 2.62. The van der Waals surface area contributed by atoms with Gasteiger partial charge >= 0.3 is 11.9 Å². The molecule has 1 aliphatic carbocycles. The molecule has 4 unspecified atom stereocenters. The average molecular weight is 255 g/mol. The lowest BCUT2D eigenvalue weighted by molar-refractivity contribution is -0.150. The molecule has 4 atom stereocenters. The van der Waals surface area contributed by atoms with Crippen molar-refractivity contribution < 1.29 is 29.4 Å². The van der Waals surface area contributed by atoms with Crippen molar-refractivity contribution in [3.05, 3.63) is 0 Å². The molecule has 2 rings (SSSR count). The van der Waals surface area contributed by atoms with Crippen LogP contribution >= 0.6 is 0 Å². The number of carboxylic acid groups (broad SMARTS) is 2. The second-order valence-corrected chi connectivity index (χ2v) is 4.60. The Bertz CT molecular complexity index is 407. The van der Waals surface area contributed by atoms with Gasteiger partial charge in [-0.05, 0) is 13.3 Å². The predicted molar refractivity (Wildman–Crippen MR) is 56.2 cm³/mol. The molecule has 0 aromatic rings. The van der Waals surface area contributed by atoms with Gasteiger partial charge in [0.05, 0.1) is 23.7 Å². The molecule has 7 heteroatoms. The van der Waals surface area contributed by atoms with E-state index >= 15 is 0 Å². The number of likely N-dealkylation sites (tertiary alicyclic amines) is 1. The minimum absolute atomic E-state index is 0.142. The van der Waals surface area contributed by atoms with E-state index in [2.05, 4.69) is 0 Å². The van der Waals surface area contributed by atoms with E-state index in [1.807, 2.05) is 0 Å². The number of carbonyl (C=O) groups excluding carboxylic acids is 2. The summed E-state index contributed by atoms with van der Waals surface area (Å²) in [5.41, 5.74) is 0. The van der Waals surface area contributed by atoms with Crippen LogP contribution in [0.2, 0.25) is 0 Å². The largest absolute Gasteiger partial charge is 0.481 e. The lowest BCUT2D eigenvalue weighted by Crippen LogP contribution is -2.35.